The Morgan fingerprint density at radius 3 is 2.39 bits per heavy atom. The van der Waals surface area contributed by atoms with E-state index in [2.05, 4.69) is 0 Å². The molecular formula is C11H13ClF4N2. The SMILES string of the molecule is Cl.NC1CCN(c2ccc(C(F)(F)F)c(F)c2)C1. The predicted octanol–water partition coefficient (Wildman–Crippen LogP) is 2.80. The van der Waals surface area contributed by atoms with Crippen LogP contribution in [0.2, 0.25) is 0 Å². The second-order valence-electron chi connectivity index (χ2n) is 4.16. The molecule has 7 heteroatoms. The maximum absolute atomic E-state index is 13.3. The molecular weight excluding hydrogens is 272 g/mol. The molecule has 1 aliphatic rings. The average Bonchev–Trinajstić information content (AvgIpc) is 2.62. The third-order valence-corrected chi connectivity index (χ3v) is 2.85. The molecule has 1 aromatic rings. The number of anilines is 1. The van der Waals surface area contributed by atoms with Gasteiger partial charge in [0.1, 0.15) is 5.82 Å². The minimum atomic E-state index is -4.65. The molecule has 2 rings (SSSR count). The highest BCUT2D eigenvalue weighted by molar-refractivity contribution is 5.85. The molecule has 102 valence electrons. The first-order chi connectivity index (χ1) is 7.88. The van der Waals surface area contributed by atoms with Crippen molar-refractivity contribution in [2.45, 2.75) is 18.6 Å². The molecule has 1 aliphatic heterocycles. The summed E-state index contributed by atoms with van der Waals surface area (Å²) in [5.74, 6) is -1.24. The fraction of sp³-hybridized carbons (Fsp3) is 0.455. The van der Waals surface area contributed by atoms with Crippen molar-refractivity contribution in [3.05, 3.63) is 29.6 Å². The van der Waals surface area contributed by atoms with Gasteiger partial charge >= 0.3 is 6.18 Å². The summed E-state index contributed by atoms with van der Waals surface area (Å²) in [7, 11) is 0. The van der Waals surface area contributed by atoms with E-state index < -0.39 is 17.6 Å². The third-order valence-electron chi connectivity index (χ3n) is 2.85. The molecule has 1 heterocycles. The van der Waals surface area contributed by atoms with Gasteiger partial charge in [-0.05, 0) is 24.6 Å². The van der Waals surface area contributed by atoms with E-state index >= 15 is 0 Å². The van der Waals surface area contributed by atoms with Crippen LogP contribution in [0.25, 0.3) is 0 Å². The zero-order valence-electron chi connectivity index (χ0n) is 9.38. The quantitative estimate of drug-likeness (QED) is 0.804. The van der Waals surface area contributed by atoms with Crippen LogP contribution < -0.4 is 10.6 Å². The van der Waals surface area contributed by atoms with E-state index in [1.165, 1.54) is 6.07 Å². The van der Waals surface area contributed by atoms with Crippen molar-refractivity contribution in [2.24, 2.45) is 5.73 Å². The van der Waals surface area contributed by atoms with Crippen molar-refractivity contribution in [3.8, 4) is 0 Å². The van der Waals surface area contributed by atoms with Crippen LogP contribution in [0.5, 0.6) is 0 Å². The molecule has 1 atom stereocenters. The van der Waals surface area contributed by atoms with Crippen LogP contribution in [-0.4, -0.2) is 19.1 Å². The molecule has 1 saturated heterocycles. The van der Waals surface area contributed by atoms with Crippen LogP contribution in [0.4, 0.5) is 23.2 Å². The zero-order chi connectivity index (χ0) is 12.6. The summed E-state index contributed by atoms with van der Waals surface area (Å²) in [5, 5.41) is 0. The highest BCUT2D eigenvalue weighted by Crippen LogP contribution is 2.33. The van der Waals surface area contributed by atoms with Gasteiger partial charge in [0.2, 0.25) is 0 Å². The minimum Gasteiger partial charge on any atom is -0.370 e. The Labute approximate surface area is 108 Å². The van der Waals surface area contributed by atoms with Gasteiger partial charge in [-0.2, -0.15) is 13.2 Å². The Hall–Kier alpha value is -1.01. The summed E-state index contributed by atoms with van der Waals surface area (Å²) in [5.41, 5.74) is 4.90. The largest absolute Gasteiger partial charge is 0.419 e. The molecule has 2 nitrogen and oxygen atoms in total. The normalized spacial score (nSPS) is 19.8. The summed E-state index contributed by atoms with van der Waals surface area (Å²) < 4.78 is 50.4. The Kier molecular flexibility index (Phi) is 4.45. The van der Waals surface area contributed by atoms with Crippen molar-refractivity contribution in [2.75, 3.05) is 18.0 Å². The second kappa shape index (κ2) is 5.32. The fourth-order valence-electron chi connectivity index (χ4n) is 1.95. The Bertz CT molecular complexity index is 422. The lowest BCUT2D eigenvalue weighted by molar-refractivity contribution is -0.139. The van der Waals surface area contributed by atoms with Gasteiger partial charge in [0.05, 0.1) is 5.56 Å². The standard InChI is InChI=1S/C11H12F4N2.ClH/c12-10-5-8(17-4-3-7(16)6-17)1-2-9(10)11(13,14)15;/h1-2,5,7H,3-4,6,16H2;1H. The molecule has 0 saturated carbocycles. The highest BCUT2D eigenvalue weighted by Gasteiger charge is 2.34. The number of hydrogen-bond acceptors (Lipinski definition) is 2. The number of nitrogens with two attached hydrogens (primary N) is 1. The topological polar surface area (TPSA) is 29.3 Å². The smallest absolute Gasteiger partial charge is 0.370 e. The van der Waals surface area contributed by atoms with Gasteiger partial charge in [0.25, 0.3) is 0 Å². The van der Waals surface area contributed by atoms with Crippen molar-refractivity contribution in [1.82, 2.24) is 0 Å². The Morgan fingerprint density at radius 2 is 1.94 bits per heavy atom. The van der Waals surface area contributed by atoms with Crippen molar-refractivity contribution in [1.29, 1.82) is 0 Å². The van der Waals surface area contributed by atoms with Crippen molar-refractivity contribution < 1.29 is 17.6 Å². The molecule has 0 amide bonds. The molecule has 0 radical (unpaired) electrons. The molecule has 1 aromatic carbocycles. The molecule has 0 spiro atoms. The van der Waals surface area contributed by atoms with E-state index in [4.69, 9.17) is 5.73 Å². The van der Waals surface area contributed by atoms with Crippen molar-refractivity contribution >= 4 is 18.1 Å². The van der Waals surface area contributed by atoms with Crippen molar-refractivity contribution in [3.63, 3.8) is 0 Å². The maximum Gasteiger partial charge on any atom is 0.419 e. The molecule has 18 heavy (non-hydrogen) atoms. The Balaban J connectivity index is 0.00000162. The monoisotopic (exact) mass is 284 g/mol. The van der Waals surface area contributed by atoms with Crippen LogP contribution in [-0.2, 0) is 6.18 Å². The van der Waals surface area contributed by atoms with E-state index in [0.29, 0.717) is 18.8 Å². The van der Waals surface area contributed by atoms with E-state index in [1.807, 2.05) is 0 Å². The lowest BCUT2D eigenvalue weighted by Crippen LogP contribution is -2.26. The molecule has 0 aromatic heterocycles. The fourth-order valence-corrected chi connectivity index (χ4v) is 1.95. The summed E-state index contributed by atoms with van der Waals surface area (Å²) >= 11 is 0. The molecule has 0 bridgehead atoms. The first-order valence-electron chi connectivity index (χ1n) is 5.25. The highest BCUT2D eigenvalue weighted by atomic mass is 35.5. The van der Waals surface area contributed by atoms with Gasteiger partial charge in [0, 0.05) is 24.8 Å². The zero-order valence-corrected chi connectivity index (χ0v) is 10.2. The van der Waals surface area contributed by atoms with E-state index in [-0.39, 0.29) is 18.4 Å². The van der Waals surface area contributed by atoms with Gasteiger partial charge in [-0.3, -0.25) is 0 Å². The van der Waals surface area contributed by atoms with Gasteiger partial charge in [-0.25, -0.2) is 4.39 Å². The van der Waals surface area contributed by atoms with Gasteiger partial charge in [-0.1, -0.05) is 0 Å². The minimum absolute atomic E-state index is 0. The maximum atomic E-state index is 13.3. The van der Waals surface area contributed by atoms with E-state index in [0.717, 1.165) is 18.6 Å². The van der Waals surface area contributed by atoms with Gasteiger partial charge in [0.15, 0.2) is 0 Å². The van der Waals surface area contributed by atoms with Crippen LogP contribution in [0.1, 0.15) is 12.0 Å². The number of hydrogen-bond donors (Lipinski definition) is 1. The molecule has 2 N–H and O–H groups in total. The average molecular weight is 285 g/mol. The van der Waals surface area contributed by atoms with Crippen LogP contribution in [0.15, 0.2) is 18.2 Å². The van der Waals surface area contributed by atoms with Crippen LogP contribution in [0.3, 0.4) is 0 Å². The second-order valence-corrected chi connectivity index (χ2v) is 4.16. The Morgan fingerprint density at radius 1 is 1.28 bits per heavy atom. The summed E-state index contributed by atoms with van der Waals surface area (Å²) in [6, 6.07) is 2.97. The molecule has 1 fully saturated rings. The lowest BCUT2D eigenvalue weighted by Gasteiger charge is -2.19. The number of rotatable bonds is 1. The van der Waals surface area contributed by atoms with E-state index in [1.54, 1.807) is 4.90 Å². The van der Waals surface area contributed by atoms with Crippen LogP contribution in [0, 0.1) is 5.82 Å². The molecule has 0 aliphatic carbocycles. The van der Waals surface area contributed by atoms with Gasteiger partial charge in [-0.15, -0.1) is 12.4 Å². The lowest BCUT2D eigenvalue weighted by atomic mass is 10.1. The van der Waals surface area contributed by atoms with Crippen LogP contribution >= 0.6 is 12.4 Å². The summed E-state index contributed by atoms with van der Waals surface area (Å²) in [6.07, 6.45) is -3.88. The number of nitrogens with zero attached hydrogens (tertiary/aromatic N) is 1. The summed E-state index contributed by atoms with van der Waals surface area (Å²) in [6.45, 7) is 1.19. The van der Waals surface area contributed by atoms with E-state index in [9.17, 15) is 17.6 Å². The summed E-state index contributed by atoms with van der Waals surface area (Å²) in [4.78, 5) is 1.79. The number of alkyl halides is 3. The number of benzene rings is 1. The first-order valence-corrected chi connectivity index (χ1v) is 5.25. The van der Waals surface area contributed by atoms with Gasteiger partial charge < -0.3 is 10.6 Å². The molecule has 1 unspecified atom stereocenters. The number of halogens is 5. The first kappa shape index (κ1) is 15.0. The predicted molar refractivity (Wildman–Crippen MR) is 63.5 cm³/mol. The third kappa shape index (κ3) is 3.05.